The van der Waals surface area contributed by atoms with Crippen LogP contribution in [-0.2, 0) is 0 Å². The number of hydrogen-bond donors (Lipinski definition) is 2. The van der Waals surface area contributed by atoms with E-state index in [9.17, 15) is 4.79 Å². The van der Waals surface area contributed by atoms with E-state index in [4.69, 9.17) is 0 Å². The Bertz CT molecular complexity index is 542. The third-order valence-electron chi connectivity index (χ3n) is 2.56. The van der Waals surface area contributed by atoms with Gasteiger partial charge in [0.05, 0.1) is 0 Å². The van der Waals surface area contributed by atoms with Crippen LogP contribution in [0.3, 0.4) is 0 Å². The third-order valence-corrected chi connectivity index (χ3v) is 2.56. The van der Waals surface area contributed by atoms with Gasteiger partial charge in [0.2, 0.25) is 5.82 Å². The highest BCUT2D eigenvalue weighted by Gasteiger charge is 2.13. The zero-order valence-corrected chi connectivity index (χ0v) is 10.7. The minimum absolute atomic E-state index is 0.166. The topological polar surface area (TPSA) is 70.7 Å². The van der Waals surface area contributed by atoms with Crippen LogP contribution in [0.4, 0.5) is 5.69 Å². The van der Waals surface area contributed by atoms with Crippen LogP contribution in [0.25, 0.3) is 0 Å². The normalized spacial score (nSPS) is 10.7. The zero-order chi connectivity index (χ0) is 13.1. The van der Waals surface area contributed by atoms with Crippen molar-refractivity contribution < 1.29 is 4.79 Å². The molecule has 0 saturated carbocycles. The van der Waals surface area contributed by atoms with Crippen molar-refractivity contribution in [3.63, 3.8) is 0 Å². The molecule has 18 heavy (non-hydrogen) atoms. The molecule has 1 aromatic heterocycles. The predicted octanol–water partition coefficient (Wildman–Crippen LogP) is 2.49. The Morgan fingerprint density at radius 1 is 1.28 bits per heavy atom. The first-order valence-corrected chi connectivity index (χ1v) is 5.86. The molecule has 0 aliphatic rings. The molecule has 2 rings (SSSR count). The van der Waals surface area contributed by atoms with Crippen molar-refractivity contribution in [2.24, 2.45) is 0 Å². The number of carbonyl (C=O) groups is 1. The van der Waals surface area contributed by atoms with Gasteiger partial charge in [-0.05, 0) is 19.1 Å². The number of aromatic amines is 1. The number of rotatable bonds is 3. The number of aromatic nitrogens is 3. The summed E-state index contributed by atoms with van der Waals surface area (Å²) in [6, 6.07) is 7.58. The van der Waals surface area contributed by atoms with Crippen molar-refractivity contribution in [2.75, 3.05) is 5.32 Å². The highest BCUT2D eigenvalue weighted by atomic mass is 16.2. The second-order valence-electron chi connectivity index (χ2n) is 4.52. The molecule has 5 heteroatoms. The molecule has 1 aromatic carbocycles. The van der Waals surface area contributed by atoms with Gasteiger partial charge in [0.15, 0.2) is 0 Å². The summed E-state index contributed by atoms with van der Waals surface area (Å²) < 4.78 is 0. The Morgan fingerprint density at radius 3 is 2.50 bits per heavy atom. The van der Waals surface area contributed by atoms with Crippen molar-refractivity contribution >= 4 is 11.6 Å². The Labute approximate surface area is 106 Å². The van der Waals surface area contributed by atoms with Crippen LogP contribution in [0.5, 0.6) is 0 Å². The number of amides is 1. The Hall–Kier alpha value is -2.17. The van der Waals surface area contributed by atoms with Gasteiger partial charge in [-0.2, -0.15) is 0 Å². The number of nitrogens with zero attached hydrogens (tertiary/aromatic N) is 2. The van der Waals surface area contributed by atoms with Gasteiger partial charge in [0, 0.05) is 11.6 Å². The molecule has 0 spiro atoms. The summed E-state index contributed by atoms with van der Waals surface area (Å²) in [6.07, 6.45) is 0. The molecule has 0 aliphatic heterocycles. The number of hydrogen-bond acceptors (Lipinski definition) is 3. The van der Waals surface area contributed by atoms with E-state index >= 15 is 0 Å². The molecule has 0 unspecified atom stereocenters. The number of benzene rings is 1. The molecule has 0 radical (unpaired) electrons. The van der Waals surface area contributed by atoms with Crippen LogP contribution < -0.4 is 5.32 Å². The number of H-pyrrole nitrogens is 1. The van der Waals surface area contributed by atoms with Gasteiger partial charge in [0.25, 0.3) is 5.91 Å². The number of carbonyl (C=O) groups excluding carboxylic acids is 1. The average molecular weight is 244 g/mol. The molecule has 0 bridgehead atoms. The second-order valence-corrected chi connectivity index (χ2v) is 4.52. The Morgan fingerprint density at radius 2 is 1.94 bits per heavy atom. The highest BCUT2D eigenvalue weighted by Crippen LogP contribution is 2.11. The molecular formula is C13H16N4O. The largest absolute Gasteiger partial charge is 0.319 e. The lowest BCUT2D eigenvalue weighted by molar-refractivity contribution is 0.101. The molecule has 0 fully saturated rings. The summed E-state index contributed by atoms with van der Waals surface area (Å²) in [5.41, 5.74) is 1.88. The molecule has 0 saturated heterocycles. The summed E-state index contributed by atoms with van der Waals surface area (Å²) >= 11 is 0. The van der Waals surface area contributed by atoms with Crippen LogP contribution in [0.1, 0.15) is 41.8 Å². The van der Waals surface area contributed by atoms with Gasteiger partial charge in [-0.3, -0.25) is 9.89 Å². The minimum Gasteiger partial charge on any atom is -0.319 e. The zero-order valence-electron chi connectivity index (χ0n) is 10.7. The molecular weight excluding hydrogens is 228 g/mol. The quantitative estimate of drug-likeness (QED) is 0.871. The number of nitrogens with one attached hydrogen (secondary N) is 2. The summed E-state index contributed by atoms with van der Waals surface area (Å²) in [6.45, 7) is 5.97. The fourth-order valence-corrected chi connectivity index (χ4v) is 1.46. The van der Waals surface area contributed by atoms with Gasteiger partial charge >= 0.3 is 0 Å². The molecule has 2 aromatic rings. The monoisotopic (exact) mass is 244 g/mol. The van der Waals surface area contributed by atoms with Gasteiger partial charge in [-0.25, -0.2) is 4.98 Å². The molecule has 0 atom stereocenters. The maximum atomic E-state index is 11.9. The SMILES string of the molecule is Cc1ccc(NC(=O)c2n[nH]c(C(C)C)n2)cc1. The number of anilines is 1. The molecule has 1 heterocycles. The van der Waals surface area contributed by atoms with Crippen molar-refractivity contribution in [2.45, 2.75) is 26.7 Å². The summed E-state index contributed by atoms with van der Waals surface area (Å²) in [7, 11) is 0. The molecule has 1 amide bonds. The first-order valence-electron chi connectivity index (χ1n) is 5.86. The average Bonchev–Trinajstić information content (AvgIpc) is 2.81. The van der Waals surface area contributed by atoms with E-state index in [-0.39, 0.29) is 17.6 Å². The Balaban J connectivity index is 2.09. The smallest absolute Gasteiger partial charge is 0.295 e. The fourth-order valence-electron chi connectivity index (χ4n) is 1.46. The standard InChI is InChI=1S/C13H16N4O/c1-8(2)11-15-12(17-16-11)13(18)14-10-6-4-9(3)5-7-10/h4-8H,1-3H3,(H,14,18)(H,15,16,17). The maximum Gasteiger partial charge on any atom is 0.295 e. The first-order chi connectivity index (χ1) is 8.56. The molecule has 94 valence electrons. The van der Waals surface area contributed by atoms with Crippen LogP contribution in [0.2, 0.25) is 0 Å². The lowest BCUT2D eigenvalue weighted by Crippen LogP contribution is -2.13. The third kappa shape index (κ3) is 2.74. The van der Waals surface area contributed by atoms with Crippen molar-refractivity contribution in [1.29, 1.82) is 0 Å². The van der Waals surface area contributed by atoms with E-state index in [0.717, 1.165) is 11.3 Å². The van der Waals surface area contributed by atoms with Gasteiger partial charge < -0.3 is 5.32 Å². The van der Waals surface area contributed by atoms with Crippen LogP contribution in [0, 0.1) is 6.92 Å². The van der Waals surface area contributed by atoms with E-state index in [0.29, 0.717) is 5.82 Å². The molecule has 2 N–H and O–H groups in total. The van der Waals surface area contributed by atoms with E-state index in [1.165, 1.54) is 0 Å². The van der Waals surface area contributed by atoms with E-state index < -0.39 is 0 Å². The lowest BCUT2D eigenvalue weighted by Gasteiger charge is -2.02. The lowest BCUT2D eigenvalue weighted by atomic mass is 10.2. The summed E-state index contributed by atoms with van der Waals surface area (Å²) in [5.74, 6) is 0.795. The van der Waals surface area contributed by atoms with Crippen molar-refractivity contribution in [3.05, 3.63) is 41.5 Å². The van der Waals surface area contributed by atoms with Crippen LogP contribution in [0.15, 0.2) is 24.3 Å². The van der Waals surface area contributed by atoms with Crippen LogP contribution in [-0.4, -0.2) is 21.1 Å². The Kier molecular flexibility index (Phi) is 3.41. The van der Waals surface area contributed by atoms with Gasteiger partial charge in [-0.1, -0.05) is 31.5 Å². The van der Waals surface area contributed by atoms with E-state index in [1.807, 2.05) is 45.0 Å². The fraction of sp³-hybridized carbons (Fsp3) is 0.308. The van der Waals surface area contributed by atoms with Crippen molar-refractivity contribution in [3.8, 4) is 0 Å². The summed E-state index contributed by atoms with van der Waals surface area (Å²) in [4.78, 5) is 16.0. The molecule has 5 nitrogen and oxygen atoms in total. The maximum absolute atomic E-state index is 11.9. The van der Waals surface area contributed by atoms with E-state index in [2.05, 4.69) is 20.5 Å². The van der Waals surface area contributed by atoms with Gasteiger partial charge in [-0.15, -0.1) is 5.10 Å². The second kappa shape index (κ2) is 5.00. The summed E-state index contributed by atoms with van der Waals surface area (Å²) in [5, 5.41) is 9.42. The highest BCUT2D eigenvalue weighted by molar-refractivity contribution is 6.01. The number of aryl methyl sites for hydroxylation is 1. The van der Waals surface area contributed by atoms with Gasteiger partial charge in [0.1, 0.15) is 5.82 Å². The van der Waals surface area contributed by atoms with Crippen LogP contribution >= 0.6 is 0 Å². The predicted molar refractivity (Wildman–Crippen MR) is 69.6 cm³/mol. The van der Waals surface area contributed by atoms with Crippen molar-refractivity contribution in [1.82, 2.24) is 15.2 Å². The van der Waals surface area contributed by atoms with E-state index in [1.54, 1.807) is 0 Å². The minimum atomic E-state index is -0.304. The molecule has 0 aliphatic carbocycles. The first kappa shape index (κ1) is 12.3.